The normalized spacial score (nSPS) is 19.8. The van der Waals surface area contributed by atoms with E-state index in [0.717, 1.165) is 30.9 Å². The lowest BCUT2D eigenvalue weighted by molar-refractivity contribution is 0.220. The van der Waals surface area contributed by atoms with Crippen LogP contribution in [0, 0.1) is 12.7 Å². The highest BCUT2D eigenvalue weighted by molar-refractivity contribution is 5.50. The maximum absolute atomic E-state index is 14.2. The van der Waals surface area contributed by atoms with Crippen molar-refractivity contribution < 1.29 is 4.39 Å². The Hall–Kier alpha value is -1.87. The van der Waals surface area contributed by atoms with Gasteiger partial charge >= 0.3 is 0 Å². The van der Waals surface area contributed by atoms with Gasteiger partial charge in [0, 0.05) is 19.6 Å². The highest BCUT2D eigenvalue weighted by atomic mass is 19.1. The van der Waals surface area contributed by atoms with E-state index < -0.39 is 0 Å². The molecular weight excluding hydrogens is 263 g/mol. The van der Waals surface area contributed by atoms with Crippen molar-refractivity contribution in [2.45, 2.75) is 13.0 Å². The summed E-state index contributed by atoms with van der Waals surface area (Å²) in [5, 5.41) is 0. The average molecular weight is 284 g/mol. The molecule has 0 N–H and O–H groups in total. The third-order valence-electron chi connectivity index (χ3n) is 4.28. The lowest BCUT2D eigenvalue weighted by atomic mass is 10.0. The molecule has 0 saturated carbocycles. The molecule has 0 radical (unpaired) electrons. The number of nitrogens with zero attached hydrogens (tertiary/aromatic N) is 2. The molecule has 1 saturated heterocycles. The van der Waals surface area contributed by atoms with Gasteiger partial charge in [-0.1, -0.05) is 36.4 Å². The van der Waals surface area contributed by atoms with Crippen molar-refractivity contribution in [3.8, 4) is 0 Å². The molecule has 1 heterocycles. The fourth-order valence-corrected chi connectivity index (χ4v) is 3.00. The molecule has 110 valence electrons. The summed E-state index contributed by atoms with van der Waals surface area (Å²) in [5.74, 6) is -0.119. The highest BCUT2D eigenvalue weighted by Crippen LogP contribution is 2.29. The number of anilines is 1. The molecule has 0 aromatic heterocycles. The summed E-state index contributed by atoms with van der Waals surface area (Å²) in [6, 6.07) is 16.3. The van der Waals surface area contributed by atoms with Crippen molar-refractivity contribution in [2.24, 2.45) is 0 Å². The van der Waals surface area contributed by atoms with E-state index in [2.05, 4.69) is 41.1 Å². The second-order valence-corrected chi connectivity index (χ2v) is 5.81. The van der Waals surface area contributed by atoms with Crippen LogP contribution in [0.2, 0.25) is 0 Å². The van der Waals surface area contributed by atoms with E-state index in [1.54, 1.807) is 6.07 Å². The van der Waals surface area contributed by atoms with Crippen molar-refractivity contribution in [3.63, 3.8) is 0 Å². The van der Waals surface area contributed by atoms with Gasteiger partial charge < -0.3 is 4.90 Å². The standard InChI is InChI=1S/C18H21FN2/c1-14-8-9-17(16(19)12-14)21-11-10-20(2)18(13-21)15-6-4-3-5-7-15/h3-9,12,18H,10-11,13H2,1-2H3. The maximum atomic E-state index is 14.2. The van der Waals surface area contributed by atoms with Gasteiger partial charge in [-0.15, -0.1) is 0 Å². The number of hydrogen-bond acceptors (Lipinski definition) is 2. The lowest BCUT2D eigenvalue weighted by Gasteiger charge is -2.41. The molecule has 2 nitrogen and oxygen atoms in total. The van der Waals surface area contributed by atoms with Crippen LogP contribution in [-0.2, 0) is 0 Å². The Morgan fingerprint density at radius 2 is 1.81 bits per heavy atom. The van der Waals surface area contributed by atoms with Gasteiger partial charge in [0.1, 0.15) is 5.82 Å². The van der Waals surface area contributed by atoms with Crippen molar-refractivity contribution >= 4 is 5.69 Å². The summed E-state index contributed by atoms with van der Waals surface area (Å²) < 4.78 is 14.2. The van der Waals surface area contributed by atoms with Gasteiger partial charge in [0.05, 0.1) is 11.7 Å². The number of hydrogen-bond donors (Lipinski definition) is 0. The molecule has 21 heavy (non-hydrogen) atoms. The Kier molecular flexibility index (Phi) is 3.93. The van der Waals surface area contributed by atoms with Crippen LogP contribution in [0.1, 0.15) is 17.2 Å². The molecule has 1 unspecified atom stereocenters. The van der Waals surface area contributed by atoms with Crippen LogP contribution in [-0.4, -0.2) is 31.6 Å². The Labute approximate surface area is 125 Å². The minimum absolute atomic E-state index is 0.119. The van der Waals surface area contributed by atoms with Crippen molar-refractivity contribution in [1.82, 2.24) is 4.90 Å². The van der Waals surface area contributed by atoms with Crippen LogP contribution in [0.3, 0.4) is 0 Å². The van der Waals surface area contributed by atoms with E-state index in [1.807, 2.05) is 25.1 Å². The fourth-order valence-electron chi connectivity index (χ4n) is 3.00. The summed E-state index contributed by atoms with van der Waals surface area (Å²) in [7, 11) is 2.14. The third-order valence-corrected chi connectivity index (χ3v) is 4.28. The van der Waals surface area contributed by atoms with E-state index in [4.69, 9.17) is 0 Å². The smallest absolute Gasteiger partial charge is 0.146 e. The van der Waals surface area contributed by atoms with E-state index in [1.165, 1.54) is 5.56 Å². The van der Waals surface area contributed by atoms with Crippen LogP contribution in [0.5, 0.6) is 0 Å². The largest absolute Gasteiger partial charge is 0.366 e. The number of rotatable bonds is 2. The minimum Gasteiger partial charge on any atom is -0.366 e. The van der Waals surface area contributed by atoms with E-state index in [0.29, 0.717) is 6.04 Å². The SMILES string of the molecule is Cc1ccc(N2CCN(C)C(c3ccccc3)C2)c(F)c1. The second-order valence-electron chi connectivity index (χ2n) is 5.81. The predicted molar refractivity (Wildman–Crippen MR) is 85.2 cm³/mol. The average Bonchev–Trinajstić information content (AvgIpc) is 2.49. The van der Waals surface area contributed by atoms with Gasteiger partial charge in [-0.2, -0.15) is 0 Å². The summed E-state index contributed by atoms with van der Waals surface area (Å²) in [5.41, 5.74) is 2.97. The molecule has 2 aromatic rings. The molecule has 0 amide bonds. The molecule has 3 heteroatoms. The quantitative estimate of drug-likeness (QED) is 0.831. The van der Waals surface area contributed by atoms with Gasteiger partial charge in [-0.25, -0.2) is 4.39 Å². The Morgan fingerprint density at radius 3 is 2.52 bits per heavy atom. The van der Waals surface area contributed by atoms with Crippen LogP contribution in [0.4, 0.5) is 10.1 Å². The van der Waals surface area contributed by atoms with Gasteiger partial charge in [-0.3, -0.25) is 4.90 Å². The monoisotopic (exact) mass is 284 g/mol. The molecule has 0 spiro atoms. The molecule has 1 aliphatic heterocycles. The molecule has 2 aromatic carbocycles. The first kappa shape index (κ1) is 14.1. The van der Waals surface area contributed by atoms with Gasteiger partial charge in [0.2, 0.25) is 0 Å². The summed E-state index contributed by atoms with van der Waals surface area (Å²) in [6.45, 7) is 4.54. The third kappa shape index (κ3) is 2.93. The number of benzene rings is 2. The molecule has 1 fully saturated rings. The fraction of sp³-hybridized carbons (Fsp3) is 0.333. The molecule has 0 aliphatic carbocycles. The molecule has 0 bridgehead atoms. The molecular formula is C18H21FN2. The first-order valence-electron chi connectivity index (χ1n) is 7.41. The number of likely N-dealkylation sites (N-methyl/N-ethyl adjacent to an activating group) is 1. The lowest BCUT2D eigenvalue weighted by Crippen LogP contribution is -2.47. The topological polar surface area (TPSA) is 6.48 Å². The van der Waals surface area contributed by atoms with Crippen LogP contribution in [0.15, 0.2) is 48.5 Å². The first-order valence-corrected chi connectivity index (χ1v) is 7.41. The summed E-state index contributed by atoms with van der Waals surface area (Å²) >= 11 is 0. The summed E-state index contributed by atoms with van der Waals surface area (Å²) in [6.07, 6.45) is 0. The van der Waals surface area contributed by atoms with Gasteiger partial charge in [0.25, 0.3) is 0 Å². The first-order chi connectivity index (χ1) is 10.1. The molecule has 1 aliphatic rings. The van der Waals surface area contributed by atoms with Crippen molar-refractivity contribution in [1.29, 1.82) is 0 Å². The van der Waals surface area contributed by atoms with Crippen molar-refractivity contribution in [3.05, 3.63) is 65.5 Å². The van der Waals surface area contributed by atoms with Gasteiger partial charge in [-0.05, 0) is 37.2 Å². The number of halogens is 1. The second kappa shape index (κ2) is 5.86. The van der Waals surface area contributed by atoms with Crippen LogP contribution in [0.25, 0.3) is 0 Å². The van der Waals surface area contributed by atoms with Crippen molar-refractivity contribution in [2.75, 3.05) is 31.6 Å². The Balaban J connectivity index is 1.86. The zero-order valence-electron chi connectivity index (χ0n) is 12.6. The minimum atomic E-state index is -0.119. The van der Waals surface area contributed by atoms with E-state index in [-0.39, 0.29) is 5.82 Å². The van der Waals surface area contributed by atoms with E-state index in [9.17, 15) is 4.39 Å². The maximum Gasteiger partial charge on any atom is 0.146 e. The van der Waals surface area contributed by atoms with E-state index >= 15 is 0 Å². The van der Waals surface area contributed by atoms with Crippen LogP contribution >= 0.6 is 0 Å². The Bertz CT molecular complexity index is 612. The summed E-state index contributed by atoms with van der Waals surface area (Å²) in [4.78, 5) is 4.50. The van der Waals surface area contributed by atoms with Crippen LogP contribution < -0.4 is 4.90 Å². The predicted octanol–water partition coefficient (Wildman–Crippen LogP) is 3.63. The number of aryl methyl sites for hydroxylation is 1. The van der Waals surface area contributed by atoms with Gasteiger partial charge in [0.15, 0.2) is 0 Å². The zero-order chi connectivity index (χ0) is 14.8. The number of piperazine rings is 1. The molecule has 3 rings (SSSR count). The zero-order valence-corrected chi connectivity index (χ0v) is 12.6. The Morgan fingerprint density at radius 1 is 1.05 bits per heavy atom. The molecule has 1 atom stereocenters. The highest BCUT2D eigenvalue weighted by Gasteiger charge is 2.26.